The SMILES string of the molecule is C=Cc1ccc(Oc2cccc(OCC3CC3)c2)cc1. The third-order valence-electron chi connectivity index (χ3n) is 3.34. The predicted octanol–water partition coefficient (Wildman–Crippen LogP) is 4.91. The Morgan fingerprint density at radius 2 is 1.75 bits per heavy atom. The molecule has 102 valence electrons. The molecule has 2 nitrogen and oxygen atoms in total. The topological polar surface area (TPSA) is 18.5 Å². The van der Waals surface area contributed by atoms with Crippen molar-refractivity contribution in [3.63, 3.8) is 0 Å². The second-order valence-electron chi connectivity index (χ2n) is 5.10. The van der Waals surface area contributed by atoms with Gasteiger partial charge in [-0.15, -0.1) is 0 Å². The second kappa shape index (κ2) is 5.83. The van der Waals surface area contributed by atoms with Crippen LogP contribution in [0.2, 0.25) is 0 Å². The Morgan fingerprint density at radius 1 is 1.00 bits per heavy atom. The fourth-order valence-electron chi connectivity index (χ4n) is 1.93. The minimum absolute atomic E-state index is 0.756. The summed E-state index contributed by atoms with van der Waals surface area (Å²) in [4.78, 5) is 0. The van der Waals surface area contributed by atoms with Crippen molar-refractivity contribution in [2.24, 2.45) is 5.92 Å². The number of hydrogen-bond donors (Lipinski definition) is 0. The van der Waals surface area contributed by atoms with Crippen LogP contribution < -0.4 is 9.47 Å². The van der Waals surface area contributed by atoms with Gasteiger partial charge < -0.3 is 9.47 Å². The van der Waals surface area contributed by atoms with Crippen LogP contribution in [-0.4, -0.2) is 6.61 Å². The van der Waals surface area contributed by atoms with Gasteiger partial charge in [0.1, 0.15) is 17.2 Å². The predicted molar refractivity (Wildman–Crippen MR) is 81.3 cm³/mol. The molecular weight excluding hydrogens is 248 g/mol. The molecular formula is C18H18O2. The van der Waals surface area contributed by atoms with E-state index in [9.17, 15) is 0 Å². The van der Waals surface area contributed by atoms with E-state index < -0.39 is 0 Å². The molecule has 0 bridgehead atoms. The minimum atomic E-state index is 0.756. The van der Waals surface area contributed by atoms with Crippen molar-refractivity contribution in [3.8, 4) is 17.2 Å². The third-order valence-corrected chi connectivity index (χ3v) is 3.34. The minimum Gasteiger partial charge on any atom is -0.493 e. The molecule has 1 fully saturated rings. The van der Waals surface area contributed by atoms with Crippen molar-refractivity contribution < 1.29 is 9.47 Å². The lowest BCUT2D eigenvalue weighted by molar-refractivity contribution is 0.298. The smallest absolute Gasteiger partial charge is 0.131 e. The standard InChI is InChI=1S/C18H18O2/c1-2-14-8-10-16(11-9-14)20-18-5-3-4-17(12-18)19-13-15-6-7-15/h2-5,8-12,15H,1,6-7,13H2. The summed E-state index contributed by atoms with van der Waals surface area (Å²) in [7, 11) is 0. The summed E-state index contributed by atoms with van der Waals surface area (Å²) in [5.74, 6) is 3.24. The van der Waals surface area contributed by atoms with Crippen LogP contribution in [0.5, 0.6) is 17.2 Å². The quantitative estimate of drug-likeness (QED) is 0.739. The average Bonchev–Trinajstić information content (AvgIpc) is 3.31. The Morgan fingerprint density at radius 3 is 2.45 bits per heavy atom. The van der Waals surface area contributed by atoms with Gasteiger partial charge in [-0.2, -0.15) is 0 Å². The molecule has 20 heavy (non-hydrogen) atoms. The van der Waals surface area contributed by atoms with E-state index in [0.717, 1.165) is 35.3 Å². The molecule has 1 saturated carbocycles. The summed E-state index contributed by atoms with van der Waals surface area (Å²) in [6.45, 7) is 4.56. The van der Waals surface area contributed by atoms with E-state index in [1.807, 2.05) is 54.6 Å². The Balaban J connectivity index is 1.65. The Kier molecular flexibility index (Phi) is 3.73. The molecule has 0 aromatic heterocycles. The largest absolute Gasteiger partial charge is 0.493 e. The fourth-order valence-corrected chi connectivity index (χ4v) is 1.93. The first-order valence-corrected chi connectivity index (χ1v) is 6.97. The number of ether oxygens (including phenoxy) is 2. The summed E-state index contributed by atoms with van der Waals surface area (Å²) in [5, 5.41) is 0. The Bertz CT molecular complexity index is 583. The van der Waals surface area contributed by atoms with Gasteiger partial charge in [-0.3, -0.25) is 0 Å². The number of rotatable bonds is 6. The normalized spacial score (nSPS) is 13.8. The molecule has 2 aromatic carbocycles. The lowest BCUT2D eigenvalue weighted by Gasteiger charge is -2.09. The van der Waals surface area contributed by atoms with E-state index in [1.165, 1.54) is 12.8 Å². The van der Waals surface area contributed by atoms with E-state index in [-0.39, 0.29) is 0 Å². The highest BCUT2D eigenvalue weighted by Gasteiger charge is 2.21. The van der Waals surface area contributed by atoms with Gasteiger partial charge in [0.15, 0.2) is 0 Å². The fraction of sp³-hybridized carbons (Fsp3) is 0.222. The zero-order valence-corrected chi connectivity index (χ0v) is 11.4. The highest BCUT2D eigenvalue weighted by Crippen LogP contribution is 2.31. The molecule has 2 heteroatoms. The van der Waals surface area contributed by atoms with Crippen LogP contribution >= 0.6 is 0 Å². The first kappa shape index (κ1) is 12.8. The van der Waals surface area contributed by atoms with E-state index >= 15 is 0 Å². The Hall–Kier alpha value is -2.22. The van der Waals surface area contributed by atoms with Crippen molar-refractivity contribution in [3.05, 3.63) is 60.7 Å². The van der Waals surface area contributed by atoms with Gasteiger partial charge in [0, 0.05) is 6.07 Å². The third kappa shape index (κ3) is 3.41. The van der Waals surface area contributed by atoms with Gasteiger partial charge in [0.05, 0.1) is 6.61 Å². The summed E-state index contributed by atoms with van der Waals surface area (Å²) in [5.41, 5.74) is 1.08. The van der Waals surface area contributed by atoms with Crippen LogP contribution in [0.25, 0.3) is 6.08 Å². The highest BCUT2D eigenvalue weighted by molar-refractivity contribution is 5.48. The summed E-state index contributed by atoms with van der Waals surface area (Å²) in [6, 6.07) is 15.6. The van der Waals surface area contributed by atoms with E-state index in [2.05, 4.69) is 6.58 Å². The maximum Gasteiger partial charge on any atom is 0.131 e. The van der Waals surface area contributed by atoms with Crippen LogP contribution in [0.15, 0.2) is 55.1 Å². The lowest BCUT2D eigenvalue weighted by Crippen LogP contribution is -1.98. The average molecular weight is 266 g/mol. The van der Waals surface area contributed by atoms with E-state index in [0.29, 0.717) is 0 Å². The van der Waals surface area contributed by atoms with Crippen LogP contribution in [-0.2, 0) is 0 Å². The molecule has 3 rings (SSSR count). The summed E-state index contributed by atoms with van der Waals surface area (Å²) < 4.78 is 11.6. The van der Waals surface area contributed by atoms with Crippen molar-refractivity contribution in [1.29, 1.82) is 0 Å². The number of hydrogen-bond acceptors (Lipinski definition) is 2. The molecule has 2 aromatic rings. The van der Waals surface area contributed by atoms with E-state index in [1.54, 1.807) is 0 Å². The maximum atomic E-state index is 5.83. The van der Waals surface area contributed by atoms with Gasteiger partial charge in [0.25, 0.3) is 0 Å². The molecule has 0 saturated heterocycles. The molecule has 0 N–H and O–H groups in total. The zero-order chi connectivity index (χ0) is 13.8. The molecule has 0 amide bonds. The molecule has 0 heterocycles. The van der Waals surface area contributed by atoms with E-state index in [4.69, 9.17) is 9.47 Å². The van der Waals surface area contributed by atoms with Crippen LogP contribution in [0.1, 0.15) is 18.4 Å². The lowest BCUT2D eigenvalue weighted by atomic mass is 10.2. The van der Waals surface area contributed by atoms with Gasteiger partial charge in [0.2, 0.25) is 0 Å². The first-order valence-electron chi connectivity index (χ1n) is 6.97. The molecule has 0 unspecified atom stereocenters. The molecule has 0 spiro atoms. The van der Waals surface area contributed by atoms with Crippen molar-refractivity contribution in [2.45, 2.75) is 12.8 Å². The first-order chi connectivity index (χ1) is 9.83. The van der Waals surface area contributed by atoms with Crippen molar-refractivity contribution in [1.82, 2.24) is 0 Å². The van der Waals surface area contributed by atoms with Gasteiger partial charge in [-0.1, -0.05) is 30.9 Å². The van der Waals surface area contributed by atoms with Gasteiger partial charge >= 0.3 is 0 Å². The number of benzene rings is 2. The Labute approximate surface area is 119 Å². The molecule has 1 aliphatic rings. The van der Waals surface area contributed by atoms with Crippen LogP contribution in [0.3, 0.4) is 0 Å². The van der Waals surface area contributed by atoms with Crippen LogP contribution in [0, 0.1) is 5.92 Å². The zero-order valence-electron chi connectivity index (χ0n) is 11.4. The van der Waals surface area contributed by atoms with Gasteiger partial charge in [-0.05, 0) is 48.6 Å². The molecule has 0 radical (unpaired) electrons. The molecule has 0 aliphatic heterocycles. The monoisotopic (exact) mass is 266 g/mol. The van der Waals surface area contributed by atoms with Crippen LogP contribution in [0.4, 0.5) is 0 Å². The maximum absolute atomic E-state index is 5.83. The van der Waals surface area contributed by atoms with Crippen molar-refractivity contribution in [2.75, 3.05) is 6.61 Å². The van der Waals surface area contributed by atoms with Crippen molar-refractivity contribution >= 4 is 6.08 Å². The molecule has 1 aliphatic carbocycles. The molecule has 0 atom stereocenters. The van der Waals surface area contributed by atoms with Gasteiger partial charge in [-0.25, -0.2) is 0 Å². The highest BCUT2D eigenvalue weighted by atomic mass is 16.5. The second-order valence-corrected chi connectivity index (χ2v) is 5.10. The summed E-state index contributed by atoms with van der Waals surface area (Å²) in [6.07, 6.45) is 4.41. The summed E-state index contributed by atoms with van der Waals surface area (Å²) >= 11 is 0.